The summed E-state index contributed by atoms with van der Waals surface area (Å²) in [4.78, 5) is 12.5. The summed E-state index contributed by atoms with van der Waals surface area (Å²) >= 11 is 0. The van der Waals surface area contributed by atoms with Gasteiger partial charge in [-0.25, -0.2) is 8.42 Å². The second kappa shape index (κ2) is 7.20. The average Bonchev–Trinajstić information content (AvgIpc) is 2.91. The van der Waals surface area contributed by atoms with Gasteiger partial charge in [-0.3, -0.25) is 9.69 Å². The number of alkyl halides is 3. The molecule has 1 aliphatic rings. The first kappa shape index (κ1) is 19.5. The molecule has 1 saturated heterocycles. The normalized spacial score (nSPS) is 22.1. The second-order valence-corrected chi connectivity index (χ2v) is 7.96. The Balaban J connectivity index is 1.89. The van der Waals surface area contributed by atoms with Gasteiger partial charge in [-0.05, 0) is 24.3 Å². The number of halogens is 3. The van der Waals surface area contributed by atoms with E-state index in [0.717, 1.165) is 6.26 Å². The molecule has 6 nitrogen and oxygen atoms in total. The Morgan fingerprint density at radius 2 is 1.88 bits per heavy atom. The third-order valence-corrected chi connectivity index (χ3v) is 5.19. The van der Waals surface area contributed by atoms with E-state index in [2.05, 4.69) is 0 Å². The number of aliphatic carboxylic acids is 1. The molecule has 0 unspecified atom stereocenters. The van der Waals surface area contributed by atoms with Crippen molar-refractivity contribution in [2.45, 2.75) is 11.1 Å². The summed E-state index contributed by atoms with van der Waals surface area (Å²) in [6, 6.07) is 5.67. The molecular weight excluding hydrogens is 363 g/mol. The van der Waals surface area contributed by atoms with E-state index in [1.54, 1.807) is 0 Å². The van der Waals surface area contributed by atoms with Gasteiger partial charge in [-0.2, -0.15) is 13.2 Å². The van der Waals surface area contributed by atoms with Gasteiger partial charge in [0.05, 0.1) is 16.7 Å². The van der Waals surface area contributed by atoms with Crippen LogP contribution in [0.5, 0.6) is 5.75 Å². The Hall–Kier alpha value is -1.81. The van der Waals surface area contributed by atoms with Gasteiger partial charge in [-0.15, -0.1) is 0 Å². The first-order valence-corrected chi connectivity index (χ1v) is 9.32. The fourth-order valence-corrected chi connectivity index (χ4v) is 3.36. The van der Waals surface area contributed by atoms with Gasteiger partial charge >= 0.3 is 12.1 Å². The molecular formula is C15H18F3NO5S. The van der Waals surface area contributed by atoms with Crippen LogP contribution in [-0.4, -0.2) is 63.1 Å². The van der Waals surface area contributed by atoms with Crippen LogP contribution in [0, 0.1) is 11.8 Å². The molecule has 140 valence electrons. The van der Waals surface area contributed by atoms with Gasteiger partial charge in [-0.1, -0.05) is 0 Å². The highest BCUT2D eigenvalue weighted by Crippen LogP contribution is 2.37. The van der Waals surface area contributed by atoms with Gasteiger partial charge < -0.3 is 9.84 Å². The molecule has 2 rings (SSSR count). The average molecular weight is 381 g/mol. The van der Waals surface area contributed by atoms with Crippen molar-refractivity contribution in [3.05, 3.63) is 24.3 Å². The number of carboxylic acids is 1. The Kier molecular flexibility index (Phi) is 5.62. The molecule has 0 spiro atoms. The molecule has 2 atom stereocenters. The first-order chi connectivity index (χ1) is 11.5. The van der Waals surface area contributed by atoms with Crippen molar-refractivity contribution < 1.29 is 36.2 Å². The molecule has 0 aromatic heterocycles. The molecule has 25 heavy (non-hydrogen) atoms. The molecule has 0 radical (unpaired) electrons. The monoisotopic (exact) mass is 381 g/mol. The fraction of sp³-hybridized carbons (Fsp3) is 0.533. The first-order valence-electron chi connectivity index (χ1n) is 7.43. The number of hydrogen-bond acceptors (Lipinski definition) is 5. The van der Waals surface area contributed by atoms with Gasteiger partial charge in [0.2, 0.25) is 0 Å². The number of carboxylic acid groups (broad SMARTS) is 1. The third-order valence-electron chi connectivity index (χ3n) is 4.06. The molecule has 0 saturated carbocycles. The van der Waals surface area contributed by atoms with Crippen LogP contribution >= 0.6 is 0 Å². The van der Waals surface area contributed by atoms with Crippen LogP contribution in [0.4, 0.5) is 13.2 Å². The Bertz CT molecular complexity index is 718. The van der Waals surface area contributed by atoms with Gasteiger partial charge in [0.25, 0.3) is 0 Å². The van der Waals surface area contributed by atoms with Gasteiger partial charge in [0.15, 0.2) is 9.84 Å². The van der Waals surface area contributed by atoms with E-state index in [-0.39, 0.29) is 31.1 Å². The number of rotatable bonds is 6. The van der Waals surface area contributed by atoms with Crippen molar-refractivity contribution in [1.82, 2.24) is 4.90 Å². The van der Waals surface area contributed by atoms with Crippen LogP contribution in [0.2, 0.25) is 0 Å². The van der Waals surface area contributed by atoms with E-state index in [1.807, 2.05) is 0 Å². The Labute approximate surface area is 143 Å². The van der Waals surface area contributed by atoms with Crippen molar-refractivity contribution in [2.75, 3.05) is 32.5 Å². The van der Waals surface area contributed by atoms with Crippen molar-refractivity contribution in [2.24, 2.45) is 11.8 Å². The van der Waals surface area contributed by atoms with Crippen LogP contribution in [0.1, 0.15) is 0 Å². The minimum absolute atomic E-state index is 0.0646. The van der Waals surface area contributed by atoms with Crippen LogP contribution in [0.3, 0.4) is 0 Å². The van der Waals surface area contributed by atoms with E-state index < -0.39 is 33.8 Å². The van der Waals surface area contributed by atoms with E-state index >= 15 is 0 Å². The van der Waals surface area contributed by atoms with E-state index in [1.165, 1.54) is 29.2 Å². The number of benzene rings is 1. The standard InChI is InChI=1S/C15H18F3NO5S/c1-25(22,23)11-4-2-10(3-5-11)24-7-6-19-8-12(14(20)21)13(9-19)15(16,17)18/h2-5,12-13H,6-9H2,1H3,(H,20,21)/t12-,13-/m1/s1. The number of likely N-dealkylation sites (tertiary alicyclic amines) is 1. The van der Waals surface area contributed by atoms with E-state index in [0.29, 0.717) is 5.75 Å². The number of hydrogen-bond donors (Lipinski definition) is 1. The largest absolute Gasteiger partial charge is 0.492 e. The zero-order valence-corrected chi connectivity index (χ0v) is 14.2. The molecule has 1 aromatic carbocycles. The highest BCUT2D eigenvalue weighted by atomic mass is 32.2. The van der Waals surface area contributed by atoms with Crippen LogP contribution in [0.15, 0.2) is 29.2 Å². The molecule has 10 heteroatoms. The number of sulfone groups is 1. The van der Waals surface area contributed by atoms with Crippen LogP contribution in [-0.2, 0) is 14.6 Å². The second-order valence-electron chi connectivity index (χ2n) is 5.94. The minimum atomic E-state index is -4.56. The molecule has 0 bridgehead atoms. The molecule has 0 amide bonds. The summed E-state index contributed by atoms with van der Waals surface area (Å²) < 4.78 is 66.8. The third kappa shape index (κ3) is 5.08. The summed E-state index contributed by atoms with van der Waals surface area (Å²) in [6.07, 6.45) is -3.48. The number of ether oxygens (including phenoxy) is 1. The fourth-order valence-electron chi connectivity index (χ4n) is 2.73. The highest BCUT2D eigenvalue weighted by Gasteiger charge is 2.52. The van der Waals surface area contributed by atoms with Crippen LogP contribution in [0.25, 0.3) is 0 Å². The summed E-state index contributed by atoms with van der Waals surface area (Å²) in [6.45, 7) is -0.355. The highest BCUT2D eigenvalue weighted by molar-refractivity contribution is 7.90. The Morgan fingerprint density at radius 3 is 2.32 bits per heavy atom. The maximum absolute atomic E-state index is 12.9. The maximum Gasteiger partial charge on any atom is 0.393 e. The van der Waals surface area contributed by atoms with Crippen molar-refractivity contribution >= 4 is 15.8 Å². The smallest absolute Gasteiger partial charge is 0.393 e. The van der Waals surface area contributed by atoms with Crippen molar-refractivity contribution in [1.29, 1.82) is 0 Å². The molecule has 0 aliphatic carbocycles. The summed E-state index contributed by atoms with van der Waals surface area (Å²) in [5.74, 6) is -4.44. The van der Waals surface area contributed by atoms with E-state index in [9.17, 15) is 26.4 Å². The summed E-state index contributed by atoms with van der Waals surface area (Å²) in [5, 5.41) is 8.95. The number of nitrogens with zero attached hydrogens (tertiary/aromatic N) is 1. The summed E-state index contributed by atoms with van der Waals surface area (Å²) in [7, 11) is -3.31. The van der Waals surface area contributed by atoms with E-state index in [4.69, 9.17) is 9.84 Å². The lowest BCUT2D eigenvalue weighted by Gasteiger charge is -2.18. The van der Waals surface area contributed by atoms with Gasteiger partial charge in [0.1, 0.15) is 12.4 Å². The zero-order chi connectivity index (χ0) is 18.8. The lowest BCUT2D eigenvalue weighted by molar-refractivity contribution is -0.188. The molecule has 1 aromatic rings. The topological polar surface area (TPSA) is 83.9 Å². The van der Waals surface area contributed by atoms with Gasteiger partial charge in [0, 0.05) is 25.9 Å². The molecule has 1 fully saturated rings. The lowest BCUT2D eigenvalue weighted by atomic mass is 9.96. The molecule has 1 aliphatic heterocycles. The quantitative estimate of drug-likeness (QED) is 0.807. The van der Waals surface area contributed by atoms with Crippen LogP contribution < -0.4 is 4.74 Å². The van der Waals surface area contributed by atoms with Crippen molar-refractivity contribution in [3.8, 4) is 5.75 Å². The number of carbonyl (C=O) groups is 1. The molecule has 1 heterocycles. The summed E-state index contributed by atoms with van der Waals surface area (Å²) in [5.41, 5.74) is 0. The predicted molar refractivity (Wildman–Crippen MR) is 82.2 cm³/mol. The lowest BCUT2D eigenvalue weighted by Crippen LogP contribution is -2.33. The predicted octanol–water partition coefficient (Wildman–Crippen LogP) is 1.66. The zero-order valence-electron chi connectivity index (χ0n) is 13.4. The SMILES string of the molecule is CS(=O)(=O)c1ccc(OCCN2C[C@@H](C(F)(F)F)[C@H](C(=O)O)C2)cc1. The minimum Gasteiger partial charge on any atom is -0.492 e. The maximum atomic E-state index is 12.9. The molecule has 1 N–H and O–H groups in total. The Morgan fingerprint density at radius 1 is 1.28 bits per heavy atom. The van der Waals surface area contributed by atoms with Crippen molar-refractivity contribution in [3.63, 3.8) is 0 Å².